The van der Waals surface area contributed by atoms with Gasteiger partial charge < -0.3 is 5.32 Å². The standard InChI is InChI=1S/C14H26N2S/c1-10(2)11-9-17-13(15-11)16-12-7-5-6-8-14(12,3)4/h10-12H,5-9H2,1-4H3,(H,15,16). The van der Waals surface area contributed by atoms with Gasteiger partial charge in [0.2, 0.25) is 0 Å². The molecule has 1 heterocycles. The van der Waals surface area contributed by atoms with Crippen LogP contribution >= 0.6 is 11.8 Å². The Morgan fingerprint density at radius 3 is 2.71 bits per heavy atom. The maximum Gasteiger partial charge on any atom is 0.157 e. The highest BCUT2D eigenvalue weighted by atomic mass is 32.2. The predicted octanol–water partition coefficient (Wildman–Crippen LogP) is 3.67. The van der Waals surface area contributed by atoms with E-state index >= 15 is 0 Å². The second kappa shape index (κ2) is 5.21. The number of hydrogen-bond donors (Lipinski definition) is 1. The van der Waals surface area contributed by atoms with Gasteiger partial charge in [-0.25, -0.2) is 0 Å². The molecular weight excluding hydrogens is 228 g/mol. The van der Waals surface area contributed by atoms with Crippen molar-refractivity contribution in [1.29, 1.82) is 0 Å². The third kappa shape index (κ3) is 3.18. The molecule has 0 amide bonds. The van der Waals surface area contributed by atoms with E-state index in [1.54, 1.807) is 0 Å². The van der Waals surface area contributed by atoms with Crippen molar-refractivity contribution in [3.05, 3.63) is 0 Å². The van der Waals surface area contributed by atoms with Crippen LogP contribution in [0.25, 0.3) is 0 Å². The molecule has 0 aromatic rings. The topological polar surface area (TPSA) is 24.4 Å². The maximum absolute atomic E-state index is 4.99. The lowest BCUT2D eigenvalue weighted by molar-refractivity contribution is 0.204. The van der Waals surface area contributed by atoms with Crippen molar-refractivity contribution < 1.29 is 0 Å². The molecule has 1 saturated heterocycles. The Morgan fingerprint density at radius 1 is 1.35 bits per heavy atom. The van der Waals surface area contributed by atoms with Crippen molar-refractivity contribution in [1.82, 2.24) is 5.32 Å². The second-order valence-electron chi connectivity index (χ2n) is 6.49. The molecule has 1 aliphatic heterocycles. The van der Waals surface area contributed by atoms with E-state index in [4.69, 9.17) is 4.99 Å². The Bertz CT molecular complexity index is 297. The Hall–Kier alpha value is -0.180. The molecule has 1 aliphatic carbocycles. The van der Waals surface area contributed by atoms with E-state index in [1.807, 2.05) is 11.8 Å². The summed E-state index contributed by atoms with van der Waals surface area (Å²) in [6.07, 6.45) is 5.32. The molecule has 0 spiro atoms. The molecule has 2 rings (SSSR count). The first kappa shape index (κ1) is 13.3. The van der Waals surface area contributed by atoms with Crippen LogP contribution in [0.3, 0.4) is 0 Å². The molecule has 0 aromatic carbocycles. The largest absolute Gasteiger partial charge is 0.361 e. The Morgan fingerprint density at radius 2 is 2.12 bits per heavy atom. The molecule has 2 unspecified atom stereocenters. The summed E-state index contributed by atoms with van der Waals surface area (Å²) >= 11 is 1.91. The number of nitrogens with zero attached hydrogens (tertiary/aromatic N) is 1. The van der Waals surface area contributed by atoms with Crippen LogP contribution in [0.5, 0.6) is 0 Å². The number of amidine groups is 1. The van der Waals surface area contributed by atoms with Crippen molar-refractivity contribution in [3.63, 3.8) is 0 Å². The summed E-state index contributed by atoms with van der Waals surface area (Å²) in [6, 6.07) is 1.14. The van der Waals surface area contributed by atoms with Crippen molar-refractivity contribution in [3.8, 4) is 0 Å². The molecule has 2 fully saturated rings. The molecule has 2 nitrogen and oxygen atoms in total. The van der Waals surface area contributed by atoms with Crippen LogP contribution in [0, 0.1) is 11.3 Å². The Kier molecular flexibility index (Phi) is 4.06. The van der Waals surface area contributed by atoms with Gasteiger partial charge in [-0.05, 0) is 24.2 Å². The minimum atomic E-state index is 0.392. The van der Waals surface area contributed by atoms with Gasteiger partial charge in [0, 0.05) is 11.8 Å². The molecule has 1 N–H and O–H groups in total. The zero-order chi connectivity index (χ0) is 12.5. The molecule has 2 aliphatic rings. The summed E-state index contributed by atoms with van der Waals surface area (Å²) in [5, 5.41) is 4.79. The van der Waals surface area contributed by atoms with E-state index in [-0.39, 0.29) is 0 Å². The van der Waals surface area contributed by atoms with Gasteiger partial charge in [0.25, 0.3) is 0 Å². The molecule has 17 heavy (non-hydrogen) atoms. The fraction of sp³-hybridized carbons (Fsp3) is 0.929. The number of hydrogen-bond acceptors (Lipinski definition) is 2. The van der Waals surface area contributed by atoms with Crippen LogP contribution in [0.2, 0.25) is 0 Å². The highest BCUT2D eigenvalue weighted by Gasteiger charge is 2.33. The fourth-order valence-corrected chi connectivity index (χ4v) is 3.94. The van der Waals surface area contributed by atoms with Gasteiger partial charge in [0.05, 0.1) is 6.04 Å². The lowest BCUT2D eigenvalue weighted by atomic mass is 9.73. The number of nitrogens with one attached hydrogen (secondary N) is 1. The smallest absolute Gasteiger partial charge is 0.157 e. The summed E-state index contributed by atoms with van der Waals surface area (Å²) in [7, 11) is 0. The van der Waals surface area contributed by atoms with Crippen LogP contribution in [0.15, 0.2) is 4.99 Å². The van der Waals surface area contributed by atoms with Crippen molar-refractivity contribution in [2.24, 2.45) is 16.3 Å². The van der Waals surface area contributed by atoms with Gasteiger partial charge in [0.1, 0.15) is 0 Å². The monoisotopic (exact) mass is 254 g/mol. The van der Waals surface area contributed by atoms with Crippen LogP contribution in [0.1, 0.15) is 53.4 Å². The highest BCUT2D eigenvalue weighted by Crippen LogP contribution is 2.38. The average Bonchev–Trinajstić information content (AvgIpc) is 2.70. The predicted molar refractivity (Wildman–Crippen MR) is 77.7 cm³/mol. The van der Waals surface area contributed by atoms with Gasteiger partial charge in [-0.2, -0.15) is 0 Å². The van der Waals surface area contributed by atoms with Crippen molar-refractivity contribution in [2.45, 2.75) is 65.5 Å². The van der Waals surface area contributed by atoms with Crippen LogP contribution < -0.4 is 5.32 Å². The Balaban J connectivity index is 2.00. The van der Waals surface area contributed by atoms with E-state index in [2.05, 4.69) is 33.0 Å². The lowest BCUT2D eigenvalue weighted by Crippen LogP contribution is -2.35. The van der Waals surface area contributed by atoms with E-state index < -0.39 is 0 Å². The van der Waals surface area contributed by atoms with Crippen LogP contribution in [0.4, 0.5) is 0 Å². The lowest BCUT2D eigenvalue weighted by Gasteiger charge is -2.36. The highest BCUT2D eigenvalue weighted by molar-refractivity contribution is 8.14. The van der Waals surface area contributed by atoms with Crippen LogP contribution in [-0.4, -0.2) is 23.0 Å². The SMILES string of the molecule is CC(C)C1CSC(=NC2CCCCC2(C)C)N1. The average molecular weight is 254 g/mol. The number of thioether (sulfide) groups is 1. The van der Waals surface area contributed by atoms with Crippen LogP contribution in [-0.2, 0) is 0 Å². The summed E-state index contributed by atoms with van der Waals surface area (Å²) < 4.78 is 0. The third-order valence-corrected chi connectivity index (χ3v) is 5.26. The molecule has 0 radical (unpaired) electrons. The fourth-order valence-electron chi connectivity index (χ4n) is 2.70. The van der Waals surface area contributed by atoms with Gasteiger partial charge in [-0.15, -0.1) is 0 Å². The molecular formula is C14H26N2S. The van der Waals surface area contributed by atoms with Gasteiger partial charge in [-0.3, -0.25) is 4.99 Å². The normalized spacial score (nSPS) is 35.2. The first-order chi connectivity index (χ1) is 7.99. The molecule has 3 heteroatoms. The van der Waals surface area contributed by atoms with E-state index in [0.717, 1.165) is 0 Å². The summed E-state index contributed by atoms with van der Waals surface area (Å²) in [5.41, 5.74) is 0.392. The first-order valence-electron chi connectivity index (χ1n) is 6.96. The third-order valence-electron chi connectivity index (χ3n) is 4.24. The summed E-state index contributed by atoms with van der Waals surface area (Å²) in [4.78, 5) is 4.99. The minimum Gasteiger partial charge on any atom is -0.361 e. The quantitative estimate of drug-likeness (QED) is 0.813. The zero-order valence-corrected chi connectivity index (χ0v) is 12.4. The van der Waals surface area contributed by atoms with Gasteiger partial charge >= 0.3 is 0 Å². The number of rotatable bonds is 2. The molecule has 2 atom stereocenters. The maximum atomic E-state index is 4.99. The van der Waals surface area contributed by atoms with Gasteiger partial charge in [-0.1, -0.05) is 52.3 Å². The molecule has 98 valence electrons. The van der Waals surface area contributed by atoms with E-state index in [1.165, 1.54) is 36.6 Å². The Labute approximate surface area is 110 Å². The van der Waals surface area contributed by atoms with Gasteiger partial charge in [0.15, 0.2) is 5.17 Å². The zero-order valence-electron chi connectivity index (χ0n) is 11.6. The van der Waals surface area contributed by atoms with Crippen molar-refractivity contribution in [2.75, 3.05) is 5.75 Å². The minimum absolute atomic E-state index is 0.392. The van der Waals surface area contributed by atoms with E-state index in [9.17, 15) is 0 Å². The van der Waals surface area contributed by atoms with Crippen molar-refractivity contribution >= 4 is 16.9 Å². The molecule has 0 aromatic heterocycles. The van der Waals surface area contributed by atoms with E-state index in [0.29, 0.717) is 23.4 Å². The summed E-state index contributed by atoms with van der Waals surface area (Å²) in [6.45, 7) is 9.32. The summed E-state index contributed by atoms with van der Waals surface area (Å²) in [5.74, 6) is 1.89. The number of aliphatic imine (C=N–C) groups is 1. The molecule has 1 saturated carbocycles. The second-order valence-corrected chi connectivity index (χ2v) is 7.50. The first-order valence-corrected chi connectivity index (χ1v) is 7.95. The molecule has 0 bridgehead atoms.